The zero-order valence-electron chi connectivity index (χ0n) is 14.2. The second kappa shape index (κ2) is 8.73. The van der Waals surface area contributed by atoms with Crippen LogP contribution in [0.1, 0.15) is 79.1 Å². The molecule has 3 atom stereocenters. The van der Waals surface area contributed by atoms with E-state index >= 15 is 0 Å². The van der Waals surface area contributed by atoms with Gasteiger partial charge < -0.3 is 5.32 Å². The zero-order chi connectivity index (χ0) is 15.0. The summed E-state index contributed by atoms with van der Waals surface area (Å²) in [4.78, 5) is 0. The van der Waals surface area contributed by atoms with Crippen molar-refractivity contribution in [3.8, 4) is 12.3 Å². The molecule has 0 amide bonds. The van der Waals surface area contributed by atoms with E-state index in [9.17, 15) is 0 Å². The quantitative estimate of drug-likeness (QED) is 0.509. The monoisotopic (exact) mass is 277 g/mol. The van der Waals surface area contributed by atoms with Gasteiger partial charge in [-0.15, -0.1) is 12.3 Å². The van der Waals surface area contributed by atoms with Gasteiger partial charge in [-0.2, -0.15) is 0 Å². The van der Waals surface area contributed by atoms with Crippen molar-refractivity contribution in [3.05, 3.63) is 0 Å². The molecule has 0 radical (unpaired) electrons. The van der Waals surface area contributed by atoms with E-state index in [0.717, 1.165) is 24.2 Å². The van der Waals surface area contributed by atoms with Gasteiger partial charge in [0.15, 0.2) is 0 Å². The molecule has 1 heteroatoms. The van der Waals surface area contributed by atoms with Gasteiger partial charge in [0.05, 0.1) is 0 Å². The molecule has 0 aromatic carbocycles. The summed E-state index contributed by atoms with van der Waals surface area (Å²) in [6.45, 7) is 10.3. The standard InChI is InChI=1S/C19H35N/c1-6-8-9-11-17-14-16(10-7-2)12-13-18(17)15-20-19(3,4)5/h1,16-18,20H,7-15H2,2-5H3. The summed E-state index contributed by atoms with van der Waals surface area (Å²) in [6, 6.07) is 0. The van der Waals surface area contributed by atoms with Gasteiger partial charge in [-0.25, -0.2) is 0 Å². The molecule has 1 fully saturated rings. The molecule has 1 aliphatic carbocycles. The van der Waals surface area contributed by atoms with Crippen molar-refractivity contribution in [1.82, 2.24) is 5.32 Å². The van der Waals surface area contributed by atoms with Crippen molar-refractivity contribution in [2.45, 2.75) is 84.6 Å². The Kier molecular flexibility index (Phi) is 7.67. The van der Waals surface area contributed by atoms with Crippen molar-refractivity contribution in [1.29, 1.82) is 0 Å². The second-order valence-corrected chi connectivity index (χ2v) is 7.72. The predicted octanol–water partition coefficient (Wildman–Crippen LogP) is 5.01. The Balaban J connectivity index is 2.49. The zero-order valence-corrected chi connectivity index (χ0v) is 14.2. The molecule has 0 aromatic rings. The first kappa shape index (κ1) is 17.6. The van der Waals surface area contributed by atoms with Crippen LogP contribution in [0.25, 0.3) is 0 Å². The van der Waals surface area contributed by atoms with Gasteiger partial charge in [-0.05, 0) is 70.8 Å². The Labute approximate surface area is 127 Å². The van der Waals surface area contributed by atoms with Crippen LogP contribution >= 0.6 is 0 Å². The lowest BCUT2D eigenvalue weighted by Crippen LogP contribution is -2.42. The summed E-state index contributed by atoms with van der Waals surface area (Å²) < 4.78 is 0. The van der Waals surface area contributed by atoms with Gasteiger partial charge in [0, 0.05) is 12.0 Å². The summed E-state index contributed by atoms with van der Waals surface area (Å²) in [5, 5.41) is 3.72. The third-order valence-electron chi connectivity index (χ3n) is 4.74. The molecule has 0 spiro atoms. The highest BCUT2D eigenvalue weighted by Crippen LogP contribution is 2.38. The summed E-state index contributed by atoms with van der Waals surface area (Å²) in [7, 11) is 0. The van der Waals surface area contributed by atoms with E-state index in [1.54, 1.807) is 0 Å². The first-order valence-electron chi connectivity index (χ1n) is 8.64. The fraction of sp³-hybridized carbons (Fsp3) is 0.895. The molecule has 1 aliphatic rings. The first-order valence-corrected chi connectivity index (χ1v) is 8.64. The van der Waals surface area contributed by atoms with E-state index in [1.165, 1.54) is 51.5 Å². The molecule has 3 unspecified atom stereocenters. The predicted molar refractivity (Wildman–Crippen MR) is 89.7 cm³/mol. The maximum atomic E-state index is 5.41. The fourth-order valence-electron chi connectivity index (χ4n) is 3.62. The number of unbranched alkanes of at least 4 members (excludes halogenated alkanes) is 1. The maximum absolute atomic E-state index is 5.41. The van der Waals surface area contributed by atoms with Crippen LogP contribution in [0.3, 0.4) is 0 Å². The number of nitrogens with one attached hydrogen (secondary N) is 1. The van der Waals surface area contributed by atoms with E-state index in [0.29, 0.717) is 0 Å². The third kappa shape index (κ3) is 6.80. The molecule has 1 N–H and O–H groups in total. The Morgan fingerprint density at radius 1 is 1.15 bits per heavy atom. The van der Waals surface area contributed by atoms with Crippen molar-refractivity contribution in [2.24, 2.45) is 17.8 Å². The molecule has 0 saturated heterocycles. The number of hydrogen-bond acceptors (Lipinski definition) is 1. The van der Waals surface area contributed by atoms with Gasteiger partial charge >= 0.3 is 0 Å². The number of terminal acetylenes is 1. The van der Waals surface area contributed by atoms with Gasteiger partial charge in [0.2, 0.25) is 0 Å². The molecule has 1 nitrogen and oxygen atoms in total. The smallest absolute Gasteiger partial charge is 0.00966 e. The lowest BCUT2D eigenvalue weighted by molar-refractivity contribution is 0.150. The van der Waals surface area contributed by atoms with E-state index in [1.807, 2.05) is 0 Å². The number of rotatable bonds is 7. The first-order chi connectivity index (χ1) is 9.46. The Hall–Kier alpha value is -0.480. The third-order valence-corrected chi connectivity index (χ3v) is 4.74. The topological polar surface area (TPSA) is 12.0 Å². The second-order valence-electron chi connectivity index (χ2n) is 7.72. The molecule has 0 bridgehead atoms. The van der Waals surface area contributed by atoms with Crippen molar-refractivity contribution in [2.75, 3.05) is 6.54 Å². The van der Waals surface area contributed by atoms with Crippen molar-refractivity contribution >= 4 is 0 Å². The summed E-state index contributed by atoms with van der Waals surface area (Å²) in [5.74, 6) is 5.53. The van der Waals surface area contributed by atoms with Crippen LogP contribution < -0.4 is 5.32 Å². The fourth-order valence-corrected chi connectivity index (χ4v) is 3.62. The molecule has 0 aliphatic heterocycles. The van der Waals surface area contributed by atoms with Crippen LogP contribution in [-0.2, 0) is 0 Å². The minimum atomic E-state index is 0.240. The molecular formula is C19H35N. The van der Waals surface area contributed by atoms with E-state index in [2.05, 4.69) is 38.9 Å². The molecule has 0 heterocycles. The van der Waals surface area contributed by atoms with Gasteiger partial charge in [-0.1, -0.05) is 26.2 Å². The van der Waals surface area contributed by atoms with E-state index in [4.69, 9.17) is 6.42 Å². The minimum absolute atomic E-state index is 0.240. The normalized spacial score (nSPS) is 27.2. The van der Waals surface area contributed by atoms with Crippen LogP contribution in [0.15, 0.2) is 0 Å². The maximum Gasteiger partial charge on any atom is 0.00966 e. The lowest BCUT2D eigenvalue weighted by atomic mass is 9.71. The number of hydrogen-bond donors (Lipinski definition) is 1. The average molecular weight is 277 g/mol. The van der Waals surface area contributed by atoms with Crippen LogP contribution in [-0.4, -0.2) is 12.1 Å². The highest BCUT2D eigenvalue weighted by atomic mass is 14.9. The van der Waals surface area contributed by atoms with Crippen LogP contribution in [0.4, 0.5) is 0 Å². The highest BCUT2D eigenvalue weighted by Gasteiger charge is 2.30. The highest BCUT2D eigenvalue weighted by molar-refractivity contribution is 4.87. The molecule has 0 aromatic heterocycles. The van der Waals surface area contributed by atoms with E-state index in [-0.39, 0.29) is 5.54 Å². The van der Waals surface area contributed by atoms with Crippen LogP contribution in [0.2, 0.25) is 0 Å². The van der Waals surface area contributed by atoms with E-state index < -0.39 is 0 Å². The van der Waals surface area contributed by atoms with Crippen LogP contribution in [0, 0.1) is 30.1 Å². The minimum Gasteiger partial charge on any atom is -0.312 e. The van der Waals surface area contributed by atoms with Crippen molar-refractivity contribution in [3.63, 3.8) is 0 Å². The molecule has 1 saturated carbocycles. The summed E-state index contributed by atoms with van der Waals surface area (Å²) >= 11 is 0. The molecule has 20 heavy (non-hydrogen) atoms. The summed E-state index contributed by atoms with van der Waals surface area (Å²) in [5.41, 5.74) is 0.240. The Morgan fingerprint density at radius 2 is 1.90 bits per heavy atom. The van der Waals surface area contributed by atoms with Gasteiger partial charge in [-0.3, -0.25) is 0 Å². The SMILES string of the molecule is C#CCCCC1CC(CCC)CCC1CNC(C)(C)C. The average Bonchev–Trinajstić information content (AvgIpc) is 2.37. The van der Waals surface area contributed by atoms with Gasteiger partial charge in [0.1, 0.15) is 0 Å². The molecule has 1 rings (SSSR count). The lowest BCUT2D eigenvalue weighted by Gasteiger charge is -2.38. The Morgan fingerprint density at radius 3 is 2.50 bits per heavy atom. The van der Waals surface area contributed by atoms with Crippen molar-refractivity contribution < 1.29 is 0 Å². The largest absolute Gasteiger partial charge is 0.312 e. The molecular weight excluding hydrogens is 242 g/mol. The van der Waals surface area contributed by atoms with Crippen LogP contribution in [0.5, 0.6) is 0 Å². The molecule has 116 valence electrons. The Bertz CT molecular complexity index is 294. The van der Waals surface area contributed by atoms with Gasteiger partial charge in [0.25, 0.3) is 0 Å². The summed E-state index contributed by atoms with van der Waals surface area (Å²) in [6.07, 6.45) is 16.0.